The minimum atomic E-state index is 0.673. The third kappa shape index (κ3) is 2.02. The van der Waals surface area contributed by atoms with Crippen LogP contribution < -0.4 is 4.57 Å². The highest BCUT2D eigenvalue weighted by Gasteiger charge is 2.23. The van der Waals surface area contributed by atoms with E-state index in [1.807, 2.05) is 42.5 Å². The lowest BCUT2D eigenvalue weighted by atomic mass is 10.2. The average Bonchev–Trinajstić information content (AvgIpc) is 2.80. The van der Waals surface area contributed by atoms with Crippen molar-refractivity contribution < 1.29 is 4.57 Å². The number of hydrogen-bond donors (Lipinski definition) is 0. The topological polar surface area (TPSA) is 32.6 Å². The summed E-state index contributed by atoms with van der Waals surface area (Å²) in [5.41, 5.74) is 3.82. The van der Waals surface area contributed by atoms with Crippen LogP contribution >= 0.6 is 0 Å². The van der Waals surface area contributed by atoms with Crippen molar-refractivity contribution >= 4 is 11.0 Å². The first-order chi connectivity index (χ1) is 10.3. The van der Waals surface area contributed by atoms with Gasteiger partial charge in [0.25, 0.3) is 5.82 Å². The standard InChI is InChI=1S/C18H16N3/c1-3-12-20-14(2)21(18-11-7-6-10-17(18)20)16-9-5-4-8-15(16)13-19/h3-11H,1,12H2,2H3/q+1. The Morgan fingerprint density at radius 2 is 1.90 bits per heavy atom. The third-order valence-electron chi connectivity index (χ3n) is 3.70. The molecule has 3 rings (SSSR count). The number of nitrogens with zero attached hydrogens (tertiary/aromatic N) is 3. The predicted molar refractivity (Wildman–Crippen MR) is 83.1 cm³/mol. The van der Waals surface area contributed by atoms with Gasteiger partial charge in [-0.05, 0) is 24.3 Å². The number of fused-ring (bicyclic) bond motifs is 1. The molecular weight excluding hydrogens is 258 g/mol. The number of imidazole rings is 1. The van der Waals surface area contributed by atoms with Crippen LogP contribution in [0.4, 0.5) is 0 Å². The molecule has 2 aromatic carbocycles. The molecule has 0 aliphatic heterocycles. The van der Waals surface area contributed by atoms with Crippen molar-refractivity contribution in [3.63, 3.8) is 0 Å². The molecule has 3 nitrogen and oxygen atoms in total. The molecule has 3 heteroatoms. The number of para-hydroxylation sites is 3. The van der Waals surface area contributed by atoms with Crippen molar-refractivity contribution in [2.75, 3.05) is 0 Å². The second-order valence-corrected chi connectivity index (χ2v) is 4.90. The number of nitriles is 1. The quantitative estimate of drug-likeness (QED) is 0.533. The van der Waals surface area contributed by atoms with Crippen LogP contribution in [-0.2, 0) is 6.54 Å². The summed E-state index contributed by atoms with van der Waals surface area (Å²) in [5.74, 6) is 1.08. The molecule has 1 heterocycles. The number of benzene rings is 2. The summed E-state index contributed by atoms with van der Waals surface area (Å²) in [6, 6.07) is 18.2. The molecule has 0 amide bonds. The molecule has 0 spiro atoms. The molecular formula is C18H16N3+. The van der Waals surface area contributed by atoms with Gasteiger partial charge >= 0.3 is 0 Å². The van der Waals surface area contributed by atoms with Crippen LogP contribution in [0.2, 0.25) is 0 Å². The molecule has 0 N–H and O–H groups in total. The molecule has 0 saturated heterocycles. The molecule has 0 bridgehead atoms. The maximum atomic E-state index is 9.37. The molecule has 0 radical (unpaired) electrons. The molecule has 0 atom stereocenters. The van der Waals surface area contributed by atoms with Crippen LogP contribution in [0.3, 0.4) is 0 Å². The van der Waals surface area contributed by atoms with E-state index in [2.05, 4.69) is 40.8 Å². The third-order valence-corrected chi connectivity index (χ3v) is 3.70. The molecule has 102 valence electrons. The normalized spacial score (nSPS) is 10.5. The first-order valence-electron chi connectivity index (χ1n) is 6.88. The van der Waals surface area contributed by atoms with Gasteiger partial charge in [0.1, 0.15) is 12.6 Å². The molecule has 0 aliphatic carbocycles. The van der Waals surface area contributed by atoms with Crippen molar-refractivity contribution in [1.82, 2.24) is 4.57 Å². The fourth-order valence-corrected chi connectivity index (χ4v) is 2.78. The summed E-state index contributed by atoms with van der Waals surface area (Å²) in [6.45, 7) is 6.65. The molecule has 0 saturated carbocycles. The van der Waals surface area contributed by atoms with Gasteiger partial charge < -0.3 is 0 Å². The van der Waals surface area contributed by atoms with Crippen molar-refractivity contribution in [3.8, 4) is 11.8 Å². The van der Waals surface area contributed by atoms with Crippen LogP contribution in [0.5, 0.6) is 0 Å². The summed E-state index contributed by atoms with van der Waals surface area (Å²) in [6.07, 6.45) is 1.89. The van der Waals surface area contributed by atoms with Gasteiger partial charge in [0.15, 0.2) is 16.7 Å². The molecule has 0 fully saturated rings. The number of hydrogen-bond acceptors (Lipinski definition) is 1. The van der Waals surface area contributed by atoms with Crippen LogP contribution in [0.15, 0.2) is 61.2 Å². The lowest BCUT2D eigenvalue weighted by Crippen LogP contribution is -2.35. The second kappa shape index (κ2) is 5.26. The van der Waals surface area contributed by atoms with Crippen LogP contribution in [0.1, 0.15) is 11.4 Å². The summed E-state index contributed by atoms with van der Waals surface area (Å²) in [4.78, 5) is 0. The Balaban J connectivity index is 2.41. The summed E-state index contributed by atoms with van der Waals surface area (Å²) in [7, 11) is 0. The lowest BCUT2D eigenvalue weighted by molar-refractivity contribution is -0.667. The van der Waals surface area contributed by atoms with Gasteiger partial charge in [0.05, 0.1) is 5.56 Å². The molecule has 21 heavy (non-hydrogen) atoms. The Morgan fingerprint density at radius 1 is 1.19 bits per heavy atom. The van der Waals surface area contributed by atoms with Crippen LogP contribution in [0, 0.1) is 18.3 Å². The fourth-order valence-electron chi connectivity index (χ4n) is 2.78. The van der Waals surface area contributed by atoms with Gasteiger partial charge in [-0.2, -0.15) is 9.83 Å². The highest BCUT2D eigenvalue weighted by molar-refractivity contribution is 5.75. The molecule has 1 aromatic heterocycles. The first kappa shape index (κ1) is 13.1. The van der Waals surface area contributed by atoms with Crippen molar-refractivity contribution in [3.05, 3.63) is 72.6 Å². The van der Waals surface area contributed by atoms with E-state index < -0.39 is 0 Å². The molecule has 3 aromatic rings. The van der Waals surface area contributed by atoms with E-state index in [1.165, 1.54) is 0 Å². The van der Waals surface area contributed by atoms with E-state index in [4.69, 9.17) is 0 Å². The van der Waals surface area contributed by atoms with Gasteiger partial charge in [-0.3, -0.25) is 0 Å². The fraction of sp³-hybridized carbons (Fsp3) is 0.111. The Bertz CT molecular complexity index is 866. The van der Waals surface area contributed by atoms with Gasteiger partial charge in [-0.1, -0.05) is 36.9 Å². The minimum Gasteiger partial charge on any atom is -0.223 e. The van der Waals surface area contributed by atoms with Gasteiger partial charge in [-0.15, -0.1) is 0 Å². The summed E-state index contributed by atoms with van der Waals surface area (Å²) < 4.78 is 4.34. The summed E-state index contributed by atoms with van der Waals surface area (Å²) in [5, 5.41) is 9.37. The zero-order valence-corrected chi connectivity index (χ0v) is 12.0. The van der Waals surface area contributed by atoms with Gasteiger partial charge in [0.2, 0.25) is 0 Å². The largest absolute Gasteiger partial charge is 0.259 e. The zero-order chi connectivity index (χ0) is 14.8. The Kier molecular flexibility index (Phi) is 3.29. The van der Waals surface area contributed by atoms with Crippen molar-refractivity contribution in [2.24, 2.45) is 0 Å². The highest BCUT2D eigenvalue weighted by Crippen LogP contribution is 2.22. The average molecular weight is 274 g/mol. The maximum Gasteiger partial charge on any atom is 0.259 e. The van der Waals surface area contributed by atoms with Crippen LogP contribution in [-0.4, -0.2) is 4.57 Å². The van der Waals surface area contributed by atoms with Gasteiger partial charge in [-0.25, -0.2) is 4.57 Å². The van der Waals surface area contributed by atoms with E-state index in [0.29, 0.717) is 5.56 Å². The van der Waals surface area contributed by atoms with E-state index >= 15 is 0 Å². The number of allylic oxidation sites excluding steroid dienone is 1. The van der Waals surface area contributed by atoms with E-state index in [-0.39, 0.29) is 0 Å². The summed E-state index contributed by atoms with van der Waals surface area (Å²) >= 11 is 0. The monoisotopic (exact) mass is 274 g/mol. The Hall–Kier alpha value is -2.86. The number of aromatic nitrogens is 2. The lowest BCUT2D eigenvalue weighted by Gasteiger charge is -2.02. The Labute approximate surface area is 124 Å². The van der Waals surface area contributed by atoms with Crippen molar-refractivity contribution in [1.29, 1.82) is 5.26 Å². The number of rotatable bonds is 3. The maximum absolute atomic E-state index is 9.37. The highest BCUT2D eigenvalue weighted by atomic mass is 15.2. The van der Waals surface area contributed by atoms with E-state index in [0.717, 1.165) is 29.1 Å². The predicted octanol–water partition coefficient (Wildman–Crippen LogP) is 3.28. The smallest absolute Gasteiger partial charge is 0.223 e. The molecule has 0 aliphatic rings. The molecule has 0 unspecified atom stereocenters. The van der Waals surface area contributed by atoms with Crippen molar-refractivity contribution in [2.45, 2.75) is 13.5 Å². The zero-order valence-electron chi connectivity index (χ0n) is 12.0. The minimum absolute atomic E-state index is 0.673. The first-order valence-corrected chi connectivity index (χ1v) is 6.88. The Morgan fingerprint density at radius 3 is 2.67 bits per heavy atom. The van der Waals surface area contributed by atoms with E-state index in [1.54, 1.807) is 0 Å². The van der Waals surface area contributed by atoms with E-state index in [9.17, 15) is 5.26 Å². The SMILES string of the molecule is C=CC[n+]1c(C)n(-c2ccccc2C#N)c2ccccc21. The second-order valence-electron chi connectivity index (χ2n) is 4.90. The van der Waals surface area contributed by atoms with Gasteiger partial charge in [0, 0.05) is 6.92 Å². The van der Waals surface area contributed by atoms with Crippen LogP contribution in [0.25, 0.3) is 16.7 Å².